The fourth-order valence-electron chi connectivity index (χ4n) is 3.21. The van der Waals surface area contributed by atoms with Crippen molar-refractivity contribution in [1.29, 1.82) is 0 Å². The lowest BCUT2D eigenvalue weighted by Gasteiger charge is -2.12. The van der Waals surface area contributed by atoms with Crippen molar-refractivity contribution in [3.05, 3.63) is 77.1 Å². The van der Waals surface area contributed by atoms with Crippen LogP contribution < -0.4 is 0 Å². The summed E-state index contributed by atoms with van der Waals surface area (Å²) >= 11 is 0. The second kappa shape index (κ2) is 6.44. The van der Waals surface area contributed by atoms with Gasteiger partial charge in [-0.05, 0) is 37.3 Å². The van der Waals surface area contributed by atoms with Crippen molar-refractivity contribution >= 4 is 5.71 Å². The zero-order valence-corrected chi connectivity index (χ0v) is 14.7. The van der Waals surface area contributed by atoms with Crippen LogP contribution in [-0.2, 0) is 13.0 Å². The number of fused-ring (bicyclic) bond motifs is 3. The van der Waals surface area contributed by atoms with Crippen LogP contribution in [0, 0.1) is 12.3 Å². The maximum atomic E-state index is 13.6. The van der Waals surface area contributed by atoms with Gasteiger partial charge in [0.15, 0.2) is 0 Å². The van der Waals surface area contributed by atoms with Crippen LogP contribution >= 0.6 is 0 Å². The Kier molecular flexibility index (Phi) is 4.08. The van der Waals surface area contributed by atoms with E-state index >= 15 is 0 Å². The minimum Gasteiger partial charge on any atom is -0.300 e. The van der Waals surface area contributed by atoms with Crippen molar-refractivity contribution in [2.24, 2.45) is 4.99 Å². The van der Waals surface area contributed by atoms with Gasteiger partial charge in [0.2, 0.25) is 0 Å². The zero-order chi connectivity index (χ0) is 19.0. The molecule has 4 nitrogen and oxygen atoms in total. The molecule has 0 fully saturated rings. The van der Waals surface area contributed by atoms with Crippen LogP contribution in [0.2, 0.25) is 0 Å². The van der Waals surface area contributed by atoms with E-state index in [2.05, 4.69) is 15.9 Å². The predicted molar refractivity (Wildman–Crippen MR) is 99.4 cm³/mol. The van der Waals surface area contributed by atoms with Crippen molar-refractivity contribution in [3.8, 4) is 18.0 Å². The van der Waals surface area contributed by atoms with Crippen LogP contribution in [0.4, 0.5) is 8.78 Å². The van der Waals surface area contributed by atoms with Crippen LogP contribution in [0.3, 0.4) is 0 Å². The van der Waals surface area contributed by atoms with Crippen LogP contribution in [0.15, 0.2) is 53.9 Å². The van der Waals surface area contributed by atoms with E-state index in [1.165, 1.54) is 0 Å². The van der Waals surface area contributed by atoms with Crippen LogP contribution in [0.5, 0.6) is 0 Å². The number of alkyl halides is 2. The number of nitrogens with zero attached hydrogens (tertiary/aromatic N) is 4. The molecule has 0 unspecified atom stereocenters. The quantitative estimate of drug-likeness (QED) is 0.665. The molecular weight excluding hydrogens is 346 g/mol. The zero-order valence-electron chi connectivity index (χ0n) is 14.7. The molecule has 0 saturated carbocycles. The Labute approximate surface area is 155 Å². The Morgan fingerprint density at radius 1 is 1.22 bits per heavy atom. The van der Waals surface area contributed by atoms with E-state index in [0.717, 1.165) is 18.2 Å². The lowest BCUT2D eigenvalue weighted by atomic mass is 10.0. The number of rotatable bonds is 3. The minimum absolute atomic E-state index is 0.234. The van der Waals surface area contributed by atoms with Gasteiger partial charge in [0.25, 0.3) is 5.92 Å². The number of benzene rings is 1. The molecule has 3 aromatic rings. The third-order valence-corrected chi connectivity index (χ3v) is 4.40. The molecule has 1 aliphatic heterocycles. The largest absolute Gasteiger partial charge is 0.300 e. The number of aromatic nitrogens is 3. The SMILES string of the molecule is C#Cc1ccc2c(c1)C(c1ccccn1)=NCc1c(CC(C)(F)F)ncn1-2. The predicted octanol–water partition coefficient (Wildman–Crippen LogP) is 3.80. The van der Waals surface area contributed by atoms with E-state index in [1.807, 2.05) is 41.0 Å². The Morgan fingerprint density at radius 2 is 2.07 bits per heavy atom. The highest BCUT2D eigenvalue weighted by atomic mass is 19.3. The first-order valence-corrected chi connectivity index (χ1v) is 8.46. The summed E-state index contributed by atoms with van der Waals surface area (Å²) in [5.74, 6) is -0.211. The summed E-state index contributed by atoms with van der Waals surface area (Å²) in [7, 11) is 0. The van der Waals surface area contributed by atoms with Crippen molar-refractivity contribution in [2.45, 2.75) is 25.8 Å². The summed E-state index contributed by atoms with van der Waals surface area (Å²) in [5, 5.41) is 0. The summed E-state index contributed by atoms with van der Waals surface area (Å²) in [5.41, 5.74) is 4.69. The van der Waals surface area contributed by atoms with Gasteiger partial charge in [-0.2, -0.15) is 0 Å². The van der Waals surface area contributed by atoms with Crippen LogP contribution in [-0.4, -0.2) is 26.2 Å². The molecule has 0 atom stereocenters. The maximum Gasteiger partial charge on any atom is 0.250 e. The summed E-state index contributed by atoms with van der Waals surface area (Å²) in [6, 6.07) is 11.1. The Hall–Kier alpha value is -3.33. The molecule has 3 heterocycles. The fraction of sp³-hybridized carbons (Fsp3) is 0.190. The van der Waals surface area contributed by atoms with Crippen molar-refractivity contribution in [1.82, 2.24) is 14.5 Å². The van der Waals surface area contributed by atoms with Gasteiger partial charge in [0.05, 0.1) is 47.8 Å². The molecule has 0 amide bonds. The van der Waals surface area contributed by atoms with Crippen LogP contribution in [0.1, 0.15) is 35.1 Å². The highest BCUT2D eigenvalue weighted by Crippen LogP contribution is 2.29. The molecule has 6 heteroatoms. The fourth-order valence-corrected chi connectivity index (χ4v) is 3.21. The molecule has 0 radical (unpaired) electrons. The van der Waals surface area contributed by atoms with Gasteiger partial charge in [0.1, 0.15) is 0 Å². The van der Waals surface area contributed by atoms with Crippen LogP contribution in [0.25, 0.3) is 5.69 Å². The standard InChI is InChI=1S/C21H16F2N4/c1-3-14-7-8-18-15(10-14)20(16-6-4-5-9-24-16)25-12-19-17(11-21(2,22)23)26-13-27(18)19/h1,4-10,13H,11-12H2,2H3. The molecule has 134 valence electrons. The monoisotopic (exact) mass is 362 g/mol. The average molecular weight is 362 g/mol. The molecule has 1 aliphatic rings. The number of hydrogen-bond donors (Lipinski definition) is 0. The molecule has 0 N–H and O–H groups in total. The van der Waals surface area contributed by atoms with Crippen molar-refractivity contribution < 1.29 is 8.78 Å². The lowest BCUT2D eigenvalue weighted by Crippen LogP contribution is -2.15. The third kappa shape index (κ3) is 3.24. The lowest BCUT2D eigenvalue weighted by molar-refractivity contribution is 0.0215. The third-order valence-electron chi connectivity index (χ3n) is 4.40. The van der Waals surface area contributed by atoms with Crippen molar-refractivity contribution in [2.75, 3.05) is 0 Å². The minimum atomic E-state index is -2.84. The second-order valence-electron chi connectivity index (χ2n) is 6.51. The highest BCUT2D eigenvalue weighted by Gasteiger charge is 2.28. The number of pyridine rings is 1. The molecule has 0 saturated heterocycles. The Balaban J connectivity index is 1.92. The van der Waals surface area contributed by atoms with Gasteiger partial charge in [0, 0.05) is 17.3 Å². The van der Waals surface area contributed by atoms with Gasteiger partial charge < -0.3 is 4.57 Å². The number of terminal acetylenes is 1. The van der Waals surface area contributed by atoms with Gasteiger partial charge in [-0.3, -0.25) is 9.98 Å². The molecule has 0 spiro atoms. The number of aliphatic imine (C=N–C) groups is 1. The molecule has 2 aromatic heterocycles. The van der Waals surface area contributed by atoms with Crippen molar-refractivity contribution in [3.63, 3.8) is 0 Å². The molecular formula is C21H16F2N4. The van der Waals surface area contributed by atoms with Gasteiger partial charge in [-0.25, -0.2) is 13.8 Å². The number of hydrogen-bond acceptors (Lipinski definition) is 3. The molecule has 0 aliphatic carbocycles. The average Bonchev–Trinajstić information content (AvgIpc) is 2.95. The van der Waals surface area contributed by atoms with E-state index in [0.29, 0.717) is 28.4 Å². The second-order valence-corrected chi connectivity index (χ2v) is 6.51. The first-order valence-electron chi connectivity index (χ1n) is 8.46. The van der Waals surface area contributed by atoms with Gasteiger partial charge in [-0.15, -0.1) is 6.42 Å². The summed E-state index contributed by atoms with van der Waals surface area (Å²) in [4.78, 5) is 13.3. The highest BCUT2D eigenvalue weighted by molar-refractivity contribution is 6.14. The van der Waals surface area contributed by atoms with E-state index in [9.17, 15) is 8.78 Å². The normalized spacial score (nSPS) is 13.2. The summed E-state index contributed by atoms with van der Waals surface area (Å²) < 4.78 is 29.0. The van der Waals surface area contributed by atoms with Gasteiger partial charge >= 0.3 is 0 Å². The molecule has 0 bridgehead atoms. The molecule has 1 aromatic carbocycles. The van der Waals surface area contributed by atoms with E-state index < -0.39 is 12.3 Å². The summed E-state index contributed by atoms with van der Waals surface area (Å²) in [6.07, 6.45) is 8.40. The van der Waals surface area contributed by atoms with Gasteiger partial charge in [-0.1, -0.05) is 12.0 Å². The smallest absolute Gasteiger partial charge is 0.250 e. The van der Waals surface area contributed by atoms with E-state index in [1.54, 1.807) is 12.5 Å². The number of imidazole rings is 1. The number of halogens is 2. The molecule has 4 rings (SSSR count). The Morgan fingerprint density at radius 3 is 2.78 bits per heavy atom. The maximum absolute atomic E-state index is 13.6. The first-order chi connectivity index (χ1) is 13.0. The topological polar surface area (TPSA) is 43.1 Å². The first kappa shape index (κ1) is 17.1. The molecule has 27 heavy (non-hydrogen) atoms. The summed E-state index contributed by atoms with van der Waals surface area (Å²) in [6.45, 7) is 1.13. The van der Waals surface area contributed by atoms with E-state index in [-0.39, 0.29) is 6.54 Å². The Bertz CT molecular complexity index is 1070. The van der Waals surface area contributed by atoms with E-state index in [4.69, 9.17) is 11.4 Å².